The van der Waals surface area contributed by atoms with E-state index >= 15 is 0 Å². The van der Waals surface area contributed by atoms with E-state index in [1.54, 1.807) is 4.68 Å². The van der Waals surface area contributed by atoms with Gasteiger partial charge in [-0.05, 0) is 13.5 Å². The summed E-state index contributed by atoms with van der Waals surface area (Å²) in [4.78, 5) is 4.24. The smallest absolute Gasteiger partial charge is 0.147 e. The van der Waals surface area contributed by atoms with Crippen molar-refractivity contribution in [2.24, 2.45) is 7.05 Å². The first-order valence-corrected chi connectivity index (χ1v) is 3.81. The predicted molar refractivity (Wildman–Crippen MR) is 43.1 cm³/mol. The summed E-state index contributed by atoms with van der Waals surface area (Å²) >= 11 is 0. The first-order valence-electron chi connectivity index (χ1n) is 3.81. The van der Waals surface area contributed by atoms with Crippen molar-refractivity contribution in [1.29, 1.82) is 0 Å². The normalized spacial score (nSPS) is 10.5. The van der Waals surface area contributed by atoms with Gasteiger partial charge in [0.25, 0.3) is 0 Å². The molecule has 4 heteroatoms. The third kappa shape index (κ3) is 2.01. The van der Waals surface area contributed by atoms with E-state index in [9.17, 15) is 0 Å². The van der Waals surface area contributed by atoms with Crippen LogP contribution in [0.2, 0.25) is 0 Å². The lowest BCUT2D eigenvalue weighted by atomic mass is 10.5. The van der Waals surface area contributed by atoms with Gasteiger partial charge >= 0.3 is 0 Å². The Hall–Kier alpha value is -0.900. The lowest BCUT2D eigenvalue weighted by Crippen LogP contribution is -2.15. The highest BCUT2D eigenvalue weighted by molar-refractivity contribution is 4.89. The van der Waals surface area contributed by atoms with Gasteiger partial charge in [0.2, 0.25) is 0 Å². The Kier molecular flexibility index (Phi) is 2.59. The number of rotatable bonds is 3. The third-order valence-corrected chi connectivity index (χ3v) is 1.49. The van der Waals surface area contributed by atoms with Gasteiger partial charge in [-0.1, -0.05) is 6.92 Å². The zero-order chi connectivity index (χ0) is 8.27. The van der Waals surface area contributed by atoms with Gasteiger partial charge in [0, 0.05) is 7.05 Å². The summed E-state index contributed by atoms with van der Waals surface area (Å²) < 4.78 is 1.80. The first-order chi connectivity index (χ1) is 5.24. The average molecular weight is 154 g/mol. The second-order valence-corrected chi connectivity index (χ2v) is 2.48. The fourth-order valence-corrected chi connectivity index (χ4v) is 0.947. The van der Waals surface area contributed by atoms with E-state index in [1.807, 2.05) is 14.0 Å². The standard InChI is InChI=1S/C7H14N4/c1-4-8-5-7-9-6(2)10-11(7)3/h8H,4-5H2,1-3H3. The Labute approximate surface area is 66.6 Å². The minimum atomic E-state index is 0.799. The van der Waals surface area contributed by atoms with Crippen LogP contribution >= 0.6 is 0 Å². The van der Waals surface area contributed by atoms with Crippen molar-refractivity contribution in [1.82, 2.24) is 20.1 Å². The van der Waals surface area contributed by atoms with E-state index in [-0.39, 0.29) is 0 Å². The van der Waals surface area contributed by atoms with Crippen LogP contribution in [0.4, 0.5) is 0 Å². The molecule has 0 saturated heterocycles. The van der Waals surface area contributed by atoms with E-state index in [2.05, 4.69) is 22.3 Å². The van der Waals surface area contributed by atoms with E-state index in [0.717, 1.165) is 24.7 Å². The molecule has 4 nitrogen and oxygen atoms in total. The molecular weight excluding hydrogens is 140 g/mol. The highest BCUT2D eigenvalue weighted by Crippen LogP contribution is 1.93. The monoisotopic (exact) mass is 154 g/mol. The highest BCUT2D eigenvalue weighted by Gasteiger charge is 2.00. The zero-order valence-corrected chi connectivity index (χ0v) is 7.26. The second-order valence-electron chi connectivity index (χ2n) is 2.48. The Morgan fingerprint density at radius 2 is 2.27 bits per heavy atom. The quantitative estimate of drug-likeness (QED) is 0.678. The molecule has 1 aromatic heterocycles. The molecule has 0 spiro atoms. The van der Waals surface area contributed by atoms with E-state index < -0.39 is 0 Å². The molecule has 11 heavy (non-hydrogen) atoms. The maximum absolute atomic E-state index is 4.24. The molecule has 1 rings (SSSR count). The van der Waals surface area contributed by atoms with Crippen LogP contribution in [0.3, 0.4) is 0 Å². The van der Waals surface area contributed by atoms with Gasteiger partial charge in [0.15, 0.2) is 0 Å². The number of hydrogen-bond donors (Lipinski definition) is 1. The molecule has 1 aromatic rings. The van der Waals surface area contributed by atoms with E-state index in [1.165, 1.54) is 0 Å². The number of nitrogens with one attached hydrogen (secondary N) is 1. The lowest BCUT2D eigenvalue weighted by Gasteiger charge is -1.98. The molecule has 62 valence electrons. The average Bonchev–Trinajstić information content (AvgIpc) is 2.26. The minimum absolute atomic E-state index is 0.799. The summed E-state index contributed by atoms with van der Waals surface area (Å²) in [6.45, 7) is 5.73. The van der Waals surface area contributed by atoms with Crippen molar-refractivity contribution in [3.05, 3.63) is 11.6 Å². The van der Waals surface area contributed by atoms with Crippen molar-refractivity contribution in [2.45, 2.75) is 20.4 Å². The van der Waals surface area contributed by atoms with Crippen molar-refractivity contribution >= 4 is 0 Å². The second kappa shape index (κ2) is 3.48. The van der Waals surface area contributed by atoms with Crippen LogP contribution in [-0.4, -0.2) is 21.3 Å². The van der Waals surface area contributed by atoms with Crippen LogP contribution in [0.25, 0.3) is 0 Å². The largest absolute Gasteiger partial charge is 0.310 e. The molecule has 0 aliphatic carbocycles. The summed E-state index contributed by atoms with van der Waals surface area (Å²) in [5.74, 6) is 1.82. The summed E-state index contributed by atoms with van der Waals surface area (Å²) in [6, 6.07) is 0. The highest BCUT2D eigenvalue weighted by atomic mass is 15.3. The Morgan fingerprint density at radius 3 is 2.73 bits per heavy atom. The van der Waals surface area contributed by atoms with Gasteiger partial charge < -0.3 is 5.32 Å². The Balaban J connectivity index is 2.62. The minimum Gasteiger partial charge on any atom is -0.310 e. The van der Waals surface area contributed by atoms with E-state index in [0.29, 0.717) is 0 Å². The van der Waals surface area contributed by atoms with Crippen LogP contribution in [0.5, 0.6) is 0 Å². The summed E-state index contributed by atoms with van der Waals surface area (Å²) in [5.41, 5.74) is 0. The molecular formula is C7H14N4. The fourth-order valence-electron chi connectivity index (χ4n) is 0.947. The molecule has 0 atom stereocenters. The molecule has 0 amide bonds. The van der Waals surface area contributed by atoms with Crippen LogP contribution in [0, 0.1) is 6.92 Å². The van der Waals surface area contributed by atoms with Gasteiger partial charge in [-0.3, -0.25) is 4.68 Å². The maximum Gasteiger partial charge on any atom is 0.147 e. The lowest BCUT2D eigenvalue weighted by molar-refractivity contribution is 0.629. The molecule has 0 aliphatic heterocycles. The Bertz CT molecular complexity index is 228. The number of aromatic nitrogens is 3. The number of hydrogen-bond acceptors (Lipinski definition) is 3. The van der Waals surface area contributed by atoms with Gasteiger partial charge in [0.05, 0.1) is 6.54 Å². The van der Waals surface area contributed by atoms with Crippen molar-refractivity contribution in [3.63, 3.8) is 0 Å². The van der Waals surface area contributed by atoms with Gasteiger partial charge in [-0.25, -0.2) is 4.98 Å². The summed E-state index contributed by atoms with van der Waals surface area (Å²) in [6.07, 6.45) is 0. The van der Waals surface area contributed by atoms with Gasteiger partial charge in [0.1, 0.15) is 11.6 Å². The molecule has 0 radical (unpaired) electrons. The van der Waals surface area contributed by atoms with E-state index in [4.69, 9.17) is 0 Å². The van der Waals surface area contributed by atoms with Gasteiger partial charge in [-0.2, -0.15) is 5.10 Å². The zero-order valence-electron chi connectivity index (χ0n) is 7.26. The van der Waals surface area contributed by atoms with Crippen LogP contribution < -0.4 is 5.32 Å². The molecule has 1 heterocycles. The summed E-state index contributed by atoms with van der Waals surface area (Å²) in [7, 11) is 1.91. The first kappa shape index (κ1) is 8.20. The SMILES string of the molecule is CCNCc1nc(C)nn1C. The Morgan fingerprint density at radius 1 is 1.55 bits per heavy atom. The van der Waals surface area contributed by atoms with Gasteiger partial charge in [-0.15, -0.1) is 0 Å². The molecule has 0 fully saturated rings. The van der Waals surface area contributed by atoms with Crippen LogP contribution in [0.1, 0.15) is 18.6 Å². The predicted octanol–water partition coefficient (Wildman–Crippen LogP) is 0.233. The molecule has 0 aliphatic rings. The number of nitrogens with zero attached hydrogens (tertiary/aromatic N) is 3. The van der Waals surface area contributed by atoms with Crippen molar-refractivity contribution in [3.8, 4) is 0 Å². The van der Waals surface area contributed by atoms with Crippen LogP contribution in [-0.2, 0) is 13.6 Å². The fraction of sp³-hybridized carbons (Fsp3) is 0.714. The molecule has 1 N–H and O–H groups in total. The number of aryl methyl sites for hydroxylation is 2. The molecule has 0 saturated carbocycles. The summed E-state index contributed by atoms with van der Waals surface area (Å²) in [5, 5.41) is 7.32. The third-order valence-electron chi connectivity index (χ3n) is 1.49. The van der Waals surface area contributed by atoms with Crippen molar-refractivity contribution < 1.29 is 0 Å². The topological polar surface area (TPSA) is 42.7 Å². The van der Waals surface area contributed by atoms with Crippen LogP contribution in [0.15, 0.2) is 0 Å². The maximum atomic E-state index is 4.24. The molecule has 0 unspecified atom stereocenters. The van der Waals surface area contributed by atoms with Crippen molar-refractivity contribution in [2.75, 3.05) is 6.54 Å². The molecule has 0 bridgehead atoms. The molecule has 0 aromatic carbocycles.